The third-order valence-corrected chi connectivity index (χ3v) is 2.52. The van der Waals surface area contributed by atoms with E-state index in [0.717, 1.165) is 5.56 Å². The average Bonchev–Trinajstić information content (AvgIpc) is 2.28. The van der Waals surface area contributed by atoms with Gasteiger partial charge in [-0.2, -0.15) is 0 Å². The van der Waals surface area contributed by atoms with Crippen LogP contribution >= 0.6 is 0 Å². The number of halogens is 1. The molecule has 0 aliphatic carbocycles. The molecule has 1 atom stereocenters. The molecule has 0 fully saturated rings. The molecule has 0 heterocycles. The van der Waals surface area contributed by atoms with E-state index in [1.165, 1.54) is 6.07 Å². The lowest BCUT2D eigenvalue weighted by Crippen LogP contribution is -2.32. The Kier molecular flexibility index (Phi) is 4.43. The van der Waals surface area contributed by atoms with Gasteiger partial charge in [-0.15, -0.1) is 0 Å². The van der Waals surface area contributed by atoms with Crippen molar-refractivity contribution in [2.45, 2.75) is 19.8 Å². The lowest BCUT2D eigenvalue weighted by molar-refractivity contribution is -0.122. The minimum atomic E-state index is -0.286. The lowest BCUT2D eigenvalue weighted by Gasteiger charge is -2.12. The van der Waals surface area contributed by atoms with Crippen LogP contribution in [0.2, 0.25) is 0 Å². The molecular formula is C12H17FN2O. The first-order valence-electron chi connectivity index (χ1n) is 5.30. The molecule has 0 radical (unpaired) electrons. The molecule has 0 aromatic heterocycles. The second-order valence-electron chi connectivity index (χ2n) is 3.81. The first-order chi connectivity index (χ1) is 7.56. The first-order valence-corrected chi connectivity index (χ1v) is 5.30. The highest BCUT2D eigenvalue weighted by Gasteiger charge is 2.15. The summed E-state index contributed by atoms with van der Waals surface area (Å²) in [5.74, 6) is -0.624. The van der Waals surface area contributed by atoms with E-state index < -0.39 is 0 Å². The molecule has 0 saturated carbocycles. The first kappa shape index (κ1) is 12.6. The van der Waals surface area contributed by atoms with Crippen molar-refractivity contribution in [1.82, 2.24) is 5.32 Å². The summed E-state index contributed by atoms with van der Waals surface area (Å²) in [7, 11) is 0. The summed E-state index contributed by atoms with van der Waals surface area (Å²) in [6.45, 7) is 4.35. The number of carbonyl (C=O) groups excluding carboxylic acids is 1. The van der Waals surface area contributed by atoms with Crippen LogP contribution in [-0.4, -0.2) is 19.0 Å². The number of hydrogen-bond donors (Lipinski definition) is 2. The van der Waals surface area contributed by atoms with Crippen LogP contribution in [0.4, 0.5) is 4.39 Å². The number of rotatable bonds is 4. The zero-order valence-electron chi connectivity index (χ0n) is 9.59. The molecule has 1 aromatic carbocycles. The van der Waals surface area contributed by atoms with E-state index in [1.807, 2.05) is 0 Å². The van der Waals surface area contributed by atoms with Crippen LogP contribution in [-0.2, 0) is 4.79 Å². The van der Waals surface area contributed by atoms with Crippen molar-refractivity contribution >= 4 is 5.91 Å². The van der Waals surface area contributed by atoms with Gasteiger partial charge in [0.05, 0.1) is 5.92 Å². The molecule has 88 valence electrons. The monoisotopic (exact) mass is 224 g/mol. The van der Waals surface area contributed by atoms with Crippen molar-refractivity contribution in [3.8, 4) is 0 Å². The molecule has 0 bridgehead atoms. The third kappa shape index (κ3) is 3.03. The summed E-state index contributed by atoms with van der Waals surface area (Å²) in [4.78, 5) is 11.6. The fourth-order valence-electron chi connectivity index (χ4n) is 1.44. The van der Waals surface area contributed by atoms with Gasteiger partial charge in [0.25, 0.3) is 0 Å². The maximum atomic E-state index is 13.0. The Hall–Kier alpha value is -1.42. The topological polar surface area (TPSA) is 55.1 Å². The number of amides is 1. The Bertz CT molecular complexity index is 379. The van der Waals surface area contributed by atoms with Crippen molar-refractivity contribution in [3.05, 3.63) is 35.1 Å². The van der Waals surface area contributed by atoms with Crippen LogP contribution in [0.3, 0.4) is 0 Å². The SMILES string of the molecule is Cc1cc(C(C)C(=O)NCCN)ccc1F. The van der Waals surface area contributed by atoms with Gasteiger partial charge in [-0.1, -0.05) is 12.1 Å². The van der Waals surface area contributed by atoms with Crippen LogP contribution in [0.5, 0.6) is 0 Å². The maximum Gasteiger partial charge on any atom is 0.227 e. The van der Waals surface area contributed by atoms with Gasteiger partial charge in [0.15, 0.2) is 0 Å². The molecule has 1 unspecified atom stereocenters. The van der Waals surface area contributed by atoms with Crippen molar-refractivity contribution < 1.29 is 9.18 Å². The van der Waals surface area contributed by atoms with Gasteiger partial charge in [0.1, 0.15) is 5.82 Å². The summed E-state index contributed by atoms with van der Waals surface area (Å²) >= 11 is 0. The summed E-state index contributed by atoms with van der Waals surface area (Å²) in [5, 5.41) is 2.71. The molecule has 16 heavy (non-hydrogen) atoms. The van der Waals surface area contributed by atoms with Crippen LogP contribution in [0.1, 0.15) is 24.0 Å². The molecule has 1 aromatic rings. The van der Waals surface area contributed by atoms with Gasteiger partial charge in [-0.3, -0.25) is 4.79 Å². The minimum Gasteiger partial charge on any atom is -0.354 e. The minimum absolute atomic E-state index is 0.0866. The lowest BCUT2D eigenvalue weighted by atomic mass is 9.98. The molecule has 0 saturated heterocycles. The largest absolute Gasteiger partial charge is 0.354 e. The number of nitrogens with two attached hydrogens (primary N) is 1. The highest BCUT2D eigenvalue weighted by Crippen LogP contribution is 2.18. The summed E-state index contributed by atoms with van der Waals surface area (Å²) < 4.78 is 13.0. The summed E-state index contributed by atoms with van der Waals surface area (Å²) in [5.41, 5.74) is 6.66. The number of aryl methyl sites for hydroxylation is 1. The van der Waals surface area contributed by atoms with Crippen molar-refractivity contribution in [1.29, 1.82) is 0 Å². The van der Waals surface area contributed by atoms with Gasteiger partial charge in [0, 0.05) is 13.1 Å². The van der Waals surface area contributed by atoms with E-state index >= 15 is 0 Å². The smallest absolute Gasteiger partial charge is 0.227 e. The molecule has 3 nitrogen and oxygen atoms in total. The molecule has 0 aliphatic rings. The Labute approximate surface area is 94.8 Å². The number of benzene rings is 1. The van der Waals surface area contributed by atoms with E-state index in [2.05, 4.69) is 5.32 Å². The molecular weight excluding hydrogens is 207 g/mol. The van der Waals surface area contributed by atoms with Gasteiger partial charge >= 0.3 is 0 Å². The quantitative estimate of drug-likeness (QED) is 0.810. The van der Waals surface area contributed by atoms with Crippen LogP contribution in [0, 0.1) is 12.7 Å². The Balaban J connectivity index is 2.75. The molecule has 1 amide bonds. The Morgan fingerprint density at radius 3 is 2.81 bits per heavy atom. The van der Waals surface area contributed by atoms with E-state index in [0.29, 0.717) is 18.7 Å². The number of hydrogen-bond acceptors (Lipinski definition) is 2. The Morgan fingerprint density at radius 1 is 1.56 bits per heavy atom. The third-order valence-electron chi connectivity index (χ3n) is 2.52. The predicted octanol–water partition coefficient (Wildman–Crippen LogP) is 1.31. The zero-order chi connectivity index (χ0) is 12.1. The van der Waals surface area contributed by atoms with Gasteiger partial charge in [0.2, 0.25) is 5.91 Å². The Morgan fingerprint density at radius 2 is 2.25 bits per heavy atom. The molecule has 0 aliphatic heterocycles. The second-order valence-corrected chi connectivity index (χ2v) is 3.81. The zero-order valence-corrected chi connectivity index (χ0v) is 9.59. The fourth-order valence-corrected chi connectivity index (χ4v) is 1.44. The normalized spacial score (nSPS) is 12.2. The summed E-state index contributed by atoms with van der Waals surface area (Å²) in [6.07, 6.45) is 0. The highest BCUT2D eigenvalue weighted by atomic mass is 19.1. The van der Waals surface area contributed by atoms with Crippen molar-refractivity contribution in [3.63, 3.8) is 0 Å². The molecule has 0 spiro atoms. The molecule has 1 rings (SSSR count). The molecule has 4 heteroatoms. The average molecular weight is 224 g/mol. The molecule has 3 N–H and O–H groups in total. The maximum absolute atomic E-state index is 13.0. The predicted molar refractivity (Wildman–Crippen MR) is 61.6 cm³/mol. The second kappa shape index (κ2) is 5.61. The van der Waals surface area contributed by atoms with Crippen molar-refractivity contribution in [2.75, 3.05) is 13.1 Å². The van der Waals surface area contributed by atoms with E-state index in [-0.39, 0.29) is 17.6 Å². The standard InChI is InChI=1S/C12H17FN2O/c1-8-7-10(3-4-11(8)13)9(2)12(16)15-6-5-14/h3-4,7,9H,5-6,14H2,1-2H3,(H,15,16). The van der Waals surface area contributed by atoms with Crippen molar-refractivity contribution in [2.24, 2.45) is 5.73 Å². The van der Waals surface area contributed by atoms with Gasteiger partial charge in [-0.05, 0) is 31.0 Å². The van der Waals surface area contributed by atoms with E-state index in [4.69, 9.17) is 5.73 Å². The highest BCUT2D eigenvalue weighted by molar-refractivity contribution is 5.83. The number of carbonyl (C=O) groups is 1. The van der Waals surface area contributed by atoms with Crippen LogP contribution < -0.4 is 11.1 Å². The van der Waals surface area contributed by atoms with E-state index in [1.54, 1.807) is 26.0 Å². The van der Waals surface area contributed by atoms with Gasteiger partial charge in [-0.25, -0.2) is 4.39 Å². The van der Waals surface area contributed by atoms with E-state index in [9.17, 15) is 9.18 Å². The summed E-state index contributed by atoms with van der Waals surface area (Å²) in [6, 6.07) is 4.72. The van der Waals surface area contributed by atoms with Crippen LogP contribution in [0.25, 0.3) is 0 Å². The van der Waals surface area contributed by atoms with Crippen LogP contribution in [0.15, 0.2) is 18.2 Å². The van der Waals surface area contributed by atoms with Gasteiger partial charge < -0.3 is 11.1 Å². The number of nitrogens with one attached hydrogen (secondary N) is 1. The fraction of sp³-hybridized carbons (Fsp3) is 0.417.